The summed E-state index contributed by atoms with van der Waals surface area (Å²) in [6.45, 7) is 0. The molecular formula is C12H16N2O3S2. The van der Waals surface area contributed by atoms with E-state index in [2.05, 4.69) is 9.97 Å². The molecule has 0 radical (unpaired) electrons. The molecule has 19 heavy (non-hydrogen) atoms. The standard InChI is InChI=1S/C12H16N2O3S2/c15-19(16,17)9-3-7-18-8-6-12-13-10-4-1-2-5-11(10)14-12/h1-2,4-5H,3,6-9H2,(H,13,14)(H,15,16,17). The molecule has 0 saturated heterocycles. The number of aromatic amines is 1. The number of aryl methyl sites for hydroxylation is 1. The molecule has 0 unspecified atom stereocenters. The fourth-order valence-electron chi connectivity index (χ4n) is 1.74. The molecule has 0 aliphatic heterocycles. The molecule has 0 fully saturated rings. The first-order valence-electron chi connectivity index (χ1n) is 6.01. The first-order valence-corrected chi connectivity index (χ1v) is 8.77. The fourth-order valence-corrected chi connectivity index (χ4v) is 3.32. The number of imidazole rings is 1. The zero-order chi connectivity index (χ0) is 13.7. The third kappa shape index (κ3) is 4.85. The van der Waals surface area contributed by atoms with Crippen molar-refractivity contribution in [3.63, 3.8) is 0 Å². The lowest BCUT2D eigenvalue weighted by molar-refractivity contribution is 0.482. The first-order chi connectivity index (χ1) is 9.04. The highest BCUT2D eigenvalue weighted by Crippen LogP contribution is 2.12. The number of para-hydroxylation sites is 2. The fraction of sp³-hybridized carbons (Fsp3) is 0.417. The molecule has 104 valence electrons. The van der Waals surface area contributed by atoms with Gasteiger partial charge in [0.2, 0.25) is 0 Å². The predicted octanol–water partition coefficient (Wildman–Crippen LogP) is 2.12. The highest BCUT2D eigenvalue weighted by atomic mass is 32.2. The van der Waals surface area contributed by atoms with Crippen LogP contribution in [0.3, 0.4) is 0 Å². The molecule has 2 N–H and O–H groups in total. The Morgan fingerprint density at radius 2 is 2.05 bits per heavy atom. The molecule has 0 spiro atoms. The summed E-state index contributed by atoms with van der Waals surface area (Å²) in [5.74, 6) is 2.39. The summed E-state index contributed by atoms with van der Waals surface area (Å²) in [7, 11) is -3.81. The number of fused-ring (bicyclic) bond motifs is 1. The van der Waals surface area contributed by atoms with Gasteiger partial charge in [-0.3, -0.25) is 4.55 Å². The first kappa shape index (κ1) is 14.4. The molecule has 2 rings (SSSR count). The Bertz CT molecular complexity index is 604. The minimum absolute atomic E-state index is 0.162. The Balaban J connectivity index is 1.71. The van der Waals surface area contributed by atoms with Gasteiger partial charge in [-0.15, -0.1) is 0 Å². The Hall–Kier alpha value is -1.05. The average Bonchev–Trinajstić information content (AvgIpc) is 2.74. The van der Waals surface area contributed by atoms with Gasteiger partial charge in [0.25, 0.3) is 10.1 Å². The van der Waals surface area contributed by atoms with Crippen LogP contribution < -0.4 is 0 Å². The van der Waals surface area contributed by atoms with Crippen molar-refractivity contribution in [3.05, 3.63) is 30.1 Å². The Kier molecular flexibility index (Phi) is 4.84. The minimum atomic E-state index is -3.81. The van der Waals surface area contributed by atoms with Gasteiger partial charge in [-0.2, -0.15) is 20.2 Å². The molecule has 7 heteroatoms. The summed E-state index contributed by atoms with van der Waals surface area (Å²) >= 11 is 1.66. The second kappa shape index (κ2) is 6.40. The summed E-state index contributed by atoms with van der Waals surface area (Å²) in [6.07, 6.45) is 1.30. The van der Waals surface area contributed by atoms with E-state index in [9.17, 15) is 8.42 Å². The summed E-state index contributed by atoms with van der Waals surface area (Å²) in [4.78, 5) is 7.72. The van der Waals surface area contributed by atoms with Crippen molar-refractivity contribution in [2.75, 3.05) is 17.3 Å². The molecule has 0 aliphatic rings. The van der Waals surface area contributed by atoms with Crippen LogP contribution in [-0.2, 0) is 16.5 Å². The number of hydrogen-bond acceptors (Lipinski definition) is 4. The van der Waals surface area contributed by atoms with Gasteiger partial charge in [0, 0.05) is 12.2 Å². The lowest BCUT2D eigenvalue weighted by atomic mass is 10.3. The second-order valence-electron chi connectivity index (χ2n) is 4.20. The van der Waals surface area contributed by atoms with Crippen molar-refractivity contribution in [2.24, 2.45) is 0 Å². The van der Waals surface area contributed by atoms with Crippen LogP contribution in [0.15, 0.2) is 24.3 Å². The van der Waals surface area contributed by atoms with E-state index in [1.54, 1.807) is 11.8 Å². The second-order valence-corrected chi connectivity index (χ2v) is 7.00. The van der Waals surface area contributed by atoms with Gasteiger partial charge in [0.15, 0.2) is 0 Å². The van der Waals surface area contributed by atoms with Crippen LogP contribution in [-0.4, -0.2) is 40.2 Å². The zero-order valence-corrected chi connectivity index (χ0v) is 12.0. The topological polar surface area (TPSA) is 83.1 Å². The number of nitrogens with zero attached hydrogens (tertiary/aromatic N) is 1. The number of rotatable bonds is 7. The maximum absolute atomic E-state index is 10.5. The highest BCUT2D eigenvalue weighted by Gasteiger charge is 2.04. The van der Waals surface area contributed by atoms with Crippen LogP contribution in [0.5, 0.6) is 0 Å². The molecular weight excluding hydrogens is 284 g/mol. The Morgan fingerprint density at radius 1 is 1.26 bits per heavy atom. The summed E-state index contributed by atoms with van der Waals surface area (Å²) < 4.78 is 29.6. The van der Waals surface area contributed by atoms with E-state index in [-0.39, 0.29) is 5.75 Å². The van der Waals surface area contributed by atoms with Crippen LogP contribution in [0, 0.1) is 0 Å². The normalized spacial score (nSPS) is 12.1. The predicted molar refractivity (Wildman–Crippen MR) is 78.2 cm³/mol. The maximum atomic E-state index is 10.5. The van der Waals surface area contributed by atoms with E-state index >= 15 is 0 Å². The third-order valence-electron chi connectivity index (χ3n) is 2.61. The van der Waals surface area contributed by atoms with Gasteiger partial charge < -0.3 is 4.98 Å². The monoisotopic (exact) mass is 300 g/mol. The van der Waals surface area contributed by atoms with Crippen LogP contribution in [0.4, 0.5) is 0 Å². The van der Waals surface area contributed by atoms with Gasteiger partial charge in [-0.05, 0) is 24.3 Å². The minimum Gasteiger partial charge on any atom is -0.342 e. The number of H-pyrrole nitrogens is 1. The van der Waals surface area contributed by atoms with Crippen molar-refractivity contribution < 1.29 is 13.0 Å². The molecule has 0 saturated carbocycles. The summed E-state index contributed by atoms with van der Waals surface area (Å²) in [5.41, 5.74) is 2.00. The lowest BCUT2D eigenvalue weighted by Crippen LogP contribution is -2.04. The molecule has 5 nitrogen and oxygen atoms in total. The number of thioether (sulfide) groups is 1. The van der Waals surface area contributed by atoms with Gasteiger partial charge in [-0.1, -0.05) is 12.1 Å². The Labute approximate surface area is 116 Å². The van der Waals surface area contributed by atoms with Gasteiger partial charge in [0.05, 0.1) is 16.8 Å². The van der Waals surface area contributed by atoms with Crippen LogP contribution >= 0.6 is 11.8 Å². The van der Waals surface area contributed by atoms with Crippen molar-refractivity contribution in [1.29, 1.82) is 0 Å². The maximum Gasteiger partial charge on any atom is 0.264 e. The summed E-state index contributed by atoms with van der Waals surface area (Å²) in [5, 5.41) is 0. The average molecular weight is 300 g/mol. The van der Waals surface area contributed by atoms with Crippen molar-refractivity contribution >= 4 is 32.9 Å². The zero-order valence-electron chi connectivity index (χ0n) is 10.4. The molecule has 0 bridgehead atoms. The van der Waals surface area contributed by atoms with E-state index in [4.69, 9.17) is 4.55 Å². The largest absolute Gasteiger partial charge is 0.342 e. The number of nitrogens with one attached hydrogen (secondary N) is 1. The highest BCUT2D eigenvalue weighted by molar-refractivity contribution is 7.99. The van der Waals surface area contributed by atoms with Crippen molar-refractivity contribution in [2.45, 2.75) is 12.8 Å². The van der Waals surface area contributed by atoms with Gasteiger partial charge in [-0.25, -0.2) is 4.98 Å². The quantitative estimate of drug-likeness (QED) is 0.604. The van der Waals surface area contributed by atoms with Crippen LogP contribution in [0.25, 0.3) is 11.0 Å². The lowest BCUT2D eigenvalue weighted by Gasteiger charge is -1.99. The van der Waals surface area contributed by atoms with Crippen LogP contribution in [0.1, 0.15) is 12.2 Å². The van der Waals surface area contributed by atoms with E-state index in [0.717, 1.165) is 34.8 Å². The molecule has 0 aliphatic carbocycles. The SMILES string of the molecule is O=S(=O)(O)CCCSCCc1nc2ccccc2[nH]1. The summed E-state index contributed by atoms with van der Waals surface area (Å²) in [6, 6.07) is 7.88. The van der Waals surface area contributed by atoms with E-state index in [0.29, 0.717) is 6.42 Å². The van der Waals surface area contributed by atoms with Crippen LogP contribution in [0.2, 0.25) is 0 Å². The number of hydrogen-bond donors (Lipinski definition) is 2. The van der Waals surface area contributed by atoms with Crippen molar-refractivity contribution in [1.82, 2.24) is 9.97 Å². The molecule has 1 aromatic carbocycles. The molecule has 0 amide bonds. The smallest absolute Gasteiger partial charge is 0.264 e. The third-order valence-corrected chi connectivity index (χ3v) is 4.49. The van der Waals surface area contributed by atoms with E-state index < -0.39 is 10.1 Å². The molecule has 0 atom stereocenters. The number of aromatic nitrogens is 2. The Morgan fingerprint density at radius 3 is 2.79 bits per heavy atom. The number of benzene rings is 1. The van der Waals surface area contributed by atoms with Gasteiger partial charge in [0.1, 0.15) is 5.82 Å². The molecule has 2 aromatic rings. The molecule has 1 aromatic heterocycles. The van der Waals surface area contributed by atoms with E-state index in [1.165, 1.54) is 0 Å². The molecule has 1 heterocycles. The van der Waals surface area contributed by atoms with Crippen molar-refractivity contribution in [3.8, 4) is 0 Å². The van der Waals surface area contributed by atoms with E-state index in [1.807, 2.05) is 24.3 Å². The van der Waals surface area contributed by atoms with Gasteiger partial charge >= 0.3 is 0 Å².